The number of nitrogens with one attached hydrogen (secondary N) is 1. The quantitative estimate of drug-likeness (QED) is 0.580. The van der Waals surface area contributed by atoms with Crippen molar-refractivity contribution in [1.29, 1.82) is 0 Å². The number of benzene rings is 1. The van der Waals surface area contributed by atoms with Gasteiger partial charge in [-0.25, -0.2) is 13.9 Å². The minimum Gasteiger partial charge on any atom is -0.359 e. The van der Waals surface area contributed by atoms with E-state index in [4.69, 9.17) is 0 Å². The Morgan fingerprint density at radius 3 is 2.92 bits per heavy atom. The van der Waals surface area contributed by atoms with Crippen molar-refractivity contribution in [1.82, 2.24) is 19.9 Å². The highest BCUT2D eigenvalue weighted by atomic mass is 19.1. The van der Waals surface area contributed by atoms with Crippen LogP contribution in [-0.2, 0) is 11.2 Å². The fourth-order valence-electron chi connectivity index (χ4n) is 2.36. The molecule has 3 aromatic rings. The molecule has 1 amide bonds. The van der Waals surface area contributed by atoms with E-state index in [0.717, 1.165) is 6.20 Å². The van der Waals surface area contributed by atoms with Gasteiger partial charge in [-0.1, -0.05) is 0 Å². The van der Waals surface area contributed by atoms with Gasteiger partial charge in [0.1, 0.15) is 12.0 Å². The van der Waals surface area contributed by atoms with Crippen LogP contribution in [0.1, 0.15) is 5.56 Å². The normalized spacial score (nSPS) is 10.8. The first-order valence-electron chi connectivity index (χ1n) is 6.97. The van der Waals surface area contributed by atoms with Crippen molar-refractivity contribution < 1.29 is 14.1 Å². The molecule has 3 rings (SSSR count). The number of nitrogens with zero attached hydrogens (tertiary/aromatic N) is 4. The Balaban J connectivity index is 2.12. The van der Waals surface area contributed by atoms with Gasteiger partial charge in [0.05, 0.1) is 17.0 Å². The summed E-state index contributed by atoms with van der Waals surface area (Å²) < 4.78 is 15.2. The molecule has 1 N–H and O–H groups in total. The molecule has 0 atom stereocenters. The SMILES string of the molecule is CNC(=O)Cc1cc(-c2ccnc3c([N+](=O)[O-])cnn23)ccc1F. The Bertz CT molecular complexity index is 953. The van der Waals surface area contributed by atoms with Crippen molar-refractivity contribution >= 4 is 17.2 Å². The van der Waals surface area contributed by atoms with Gasteiger partial charge in [0.2, 0.25) is 11.6 Å². The van der Waals surface area contributed by atoms with Crippen molar-refractivity contribution in [2.75, 3.05) is 7.05 Å². The highest BCUT2D eigenvalue weighted by Gasteiger charge is 2.19. The third-order valence-electron chi connectivity index (χ3n) is 3.55. The molecular formula is C15H12FN5O3. The van der Waals surface area contributed by atoms with E-state index in [1.165, 1.54) is 36.0 Å². The van der Waals surface area contributed by atoms with Gasteiger partial charge in [0.25, 0.3) is 0 Å². The summed E-state index contributed by atoms with van der Waals surface area (Å²) in [5.74, 6) is -0.820. The molecule has 0 bridgehead atoms. The Hall–Kier alpha value is -3.36. The van der Waals surface area contributed by atoms with Crippen LogP contribution >= 0.6 is 0 Å². The summed E-state index contributed by atoms with van der Waals surface area (Å²) in [4.78, 5) is 25.9. The van der Waals surface area contributed by atoms with Gasteiger partial charge in [-0.05, 0) is 29.8 Å². The molecular weight excluding hydrogens is 317 g/mol. The maximum Gasteiger partial charge on any atom is 0.333 e. The van der Waals surface area contributed by atoms with E-state index in [2.05, 4.69) is 15.4 Å². The minimum atomic E-state index is -0.569. The number of halogens is 1. The van der Waals surface area contributed by atoms with E-state index < -0.39 is 10.7 Å². The number of carbonyl (C=O) groups is 1. The molecule has 2 aromatic heterocycles. The standard InChI is InChI=1S/C15H12FN5O3/c1-17-14(22)7-10-6-9(2-3-11(10)16)12-4-5-18-15-13(21(23)24)8-19-20(12)15/h2-6,8H,7H2,1H3,(H,17,22). The number of amides is 1. The van der Waals surface area contributed by atoms with Crippen molar-refractivity contribution in [3.63, 3.8) is 0 Å². The van der Waals surface area contributed by atoms with Gasteiger partial charge < -0.3 is 5.32 Å². The smallest absolute Gasteiger partial charge is 0.333 e. The third-order valence-corrected chi connectivity index (χ3v) is 3.55. The topological polar surface area (TPSA) is 102 Å². The lowest BCUT2D eigenvalue weighted by atomic mass is 10.0. The molecule has 1 aromatic carbocycles. The molecule has 0 saturated carbocycles. The molecule has 0 spiro atoms. The third kappa shape index (κ3) is 2.67. The summed E-state index contributed by atoms with van der Waals surface area (Å²) in [7, 11) is 1.47. The van der Waals surface area contributed by atoms with E-state index in [1.54, 1.807) is 6.07 Å². The van der Waals surface area contributed by atoms with E-state index in [0.29, 0.717) is 11.3 Å². The molecule has 2 heterocycles. The molecule has 0 unspecified atom stereocenters. The van der Waals surface area contributed by atoms with Gasteiger partial charge in [-0.2, -0.15) is 5.10 Å². The van der Waals surface area contributed by atoms with Crippen molar-refractivity contribution in [2.24, 2.45) is 0 Å². The van der Waals surface area contributed by atoms with Crippen LogP contribution in [-0.4, -0.2) is 32.5 Å². The molecule has 8 nitrogen and oxygen atoms in total. The average molecular weight is 329 g/mol. The zero-order valence-corrected chi connectivity index (χ0v) is 12.6. The summed E-state index contributed by atoms with van der Waals surface area (Å²) >= 11 is 0. The number of aromatic nitrogens is 3. The van der Waals surface area contributed by atoms with E-state index in [-0.39, 0.29) is 29.2 Å². The van der Waals surface area contributed by atoms with Gasteiger partial charge in [0.15, 0.2) is 0 Å². The van der Waals surface area contributed by atoms with Crippen molar-refractivity contribution in [3.05, 3.63) is 58.2 Å². The van der Waals surface area contributed by atoms with Crippen LogP contribution in [0.2, 0.25) is 0 Å². The number of hydrogen-bond acceptors (Lipinski definition) is 5. The molecule has 0 radical (unpaired) electrons. The summed E-state index contributed by atoms with van der Waals surface area (Å²) in [5, 5.41) is 17.4. The minimum absolute atomic E-state index is 0.0923. The van der Waals surface area contributed by atoms with Crippen LogP contribution in [0.3, 0.4) is 0 Å². The van der Waals surface area contributed by atoms with Gasteiger partial charge >= 0.3 is 5.69 Å². The maximum absolute atomic E-state index is 13.9. The fourth-order valence-corrected chi connectivity index (χ4v) is 2.36. The predicted molar refractivity (Wildman–Crippen MR) is 82.8 cm³/mol. The van der Waals surface area contributed by atoms with E-state index in [9.17, 15) is 19.3 Å². The van der Waals surface area contributed by atoms with Crippen LogP contribution < -0.4 is 5.32 Å². The Morgan fingerprint density at radius 2 is 2.21 bits per heavy atom. The van der Waals surface area contributed by atoms with Gasteiger partial charge in [-0.15, -0.1) is 0 Å². The molecule has 0 aliphatic rings. The Kier molecular flexibility index (Phi) is 3.90. The number of rotatable bonds is 4. The molecule has 24 heavy (non-hydrogen) atoms. The monoisotopic (exact) mass is 329 g/mol. The second-order valence-corrected chi connectivity index (χ2v) is 5.01. The fraction of sp³-hybridized carbons (Fsp3) is 0.133. The lowest BCUT2D eigenvalue weighted by Crippen LogP contribution is -2.20. The zero-order chi connectivity index (χ0) is 17.3. The van der Waals surface area contributed by atoms with Crippen LogP contribution in [0.4, 0.5) is 10.1 Å². The van der Waals surface area contributed by atoms with Crippen LogP contribution in [0, 0.1) is 15.9 Å². The summed E-state index contributed by atoms with van der Waals surface area (Å²) in [6.45, 7) is 0. The highest BCUT2D eigenvalue weighted by molar-refractivity contribution is 5.79. The first kappa shape index (κ1) is 15.5. The molecule has 0 saturated heterocycles. The lowest BCUT2D eigenvalue weighted by molar-refractivity contribution is -0.383. The van der Waals surface area contributed by atoms with E-state index in [1.807, 2.05) is 0 Å². The van der Waals surface area contributed by atoms with E-state index >= 15 is 0 Å². The zero-order valence-electron chi connectivity index (χ0n) is 12.6. The summed E-state index contributed by atoms with van der Waals surface area (Å²) in [5.41, 5.74) is 1.17. The van der Waals surface area contributed by atoms with Crippen LogP contribution in [0.25, 0.3) is 16.9 Å². The number of fused-ring (bicyclic) bond motifs is 1. The van der Waals surface area contributed by atoms with Crippen LogP contribution in [0.5, 0.6) is 0 Å². The van der Waals surface area contributed by atoms with Crippen molar-refractivity contribution in [2.45, 2.75) is 6.42 Å². The Morgan fingerprint density at radius 1 is 1.42 bits per heavy atom. The second kappa shape index (κ2) is 6.03. The number of likely N-dealkylation sites (N-methyl/N-ethyl adjacent to an activating group) is 1. The second-order valence-electron chi connectivity index (χ2n) is 5.01. The Labute approximate surface area is 135 Å². The molecule has 122 valence electrons. The molecule has 0 aliphatic carbocycles. The first-order valence-corrected chi connectivity index (χ1v) is 6.97. The first-order chi connectivity index (χ1) is 11.5. The largest absolute Gasteiger partial charge is 0.359 e. The van der Waals surface area contributed by atoms with Gasteiger partial charge in [0, 0.05) is 18.8 Å². The number of carbonyl (C=O) groups excluding carboxylic acids is 1. The number of hydrogen-bond donors (Lipinski definition) is 1. The average Bonchev–Trinajstić information content (AvgIpc) is 3.01. The predicted octanol–water partition coefficient (Wildman–Crippen LogP) is 1.73. The van der Waals surface area contributed by atoms with Crippen LogP contribution in [0.15, 0.2) is 36.7 Å². The molecule has 9 heteroatoms. The van der Waals surface area contributed by atoms with Gasteiger partial charge in [-0.3, -0.25) is 14.9 Å². The molecule has 0 fully saturated rings. The summed E-state index contributed by atoms with van der Waals surface area (Å²) in [6.07, 6.45) is 2.42. The van der Waals surface area contributed by atoms with Crippen molar-refractivity contribution in [3.8, 4) is 11.3 Å². The molecule has 0 aliphatic heterocycles. The number of nitro groups is 1. The lowest BCUT2D eigenvalue weighted by Gasteiger charge is -2.08. The highest BCUT2D eigenvalue weighted by Crippen LogP contribution is 2.25. The summed E-state index contributed by atoms with van der Waals surface area (Å²) in [6, 6.07) is 5.90. The maximum atomic E-state index is 13.9.